The van der Waals surface area contributed by atoms with Gasteiger partial charge in [-0.3, -0.25) is 0 Å². The summed E-state index contributed by atoms with van der Waals surface area (Å²) in [5.74, 6) is 0. The maximum atomic E-state index is 5.31. The Kier molecular flexibility index (Phi) is 7.19. The lowest BCUT2D eigenvalue weighted by Gasteiger charge is -1.86. The Morgan fingerprint density at radius 3 is 2.18 bits per heavy atom. The molecule has 0 atom stereocenters. The molecule has 0 saturated carbocycles. The average Bonchev–Trinajstić information content (AvgIpc) is 2.43. The molecule has 3 nitrogen and oxygen atoms in total. The lowest BCUT2D eigenvalue weighted by molar-refractivity contribution is 0.762. The maximum absolute atomic E-state index is 5.31. The summed E-state index contributed by atoms with van der Waals surface area (Å²) in [7, 11) is 0. The van der Waals surface area contributed by atoms with Crippen molar-refractivity contribution in [2.24, 2.45) is 0 Å². The SMILES string of the molecule is CCNCC.Cln1ccnc1. The Morgan fingerprint density at radius 1 is 1.45 bits per heavy atom. The first-order valence-electron chi connectivity index (χ1n) is 3.66. The second-order valence-corrected chi connectivity index (χ2v) is 2.25. The molecular formula is C7H14ClN3. The molecule has 0 spiro atoms. The van der Waals surface area contributed by atoms with E-state index in [0.717, 1.165) is 13.1 Å². The summed E-state index contributed by atoms with van der Waals surface area (Å²) in [6, 6.07) is 0. The van der Waals surface area contributed by atoms with E-state index in [1.807, 2.05) is 0 Å². The van der Waals surface area contributed by atoms with E-state index in [0.29, 0.717) is 0 Å². The van der Waals surface area contributed by atoms with Crippen LogP contribution >= 0.6 is 11.8 Å². The van der Waals surface area contributed by atoms with Crippen molar-refractivity contribution in [1.82, 2.24) is 14.4 Å². The zero-order chi connectivity index (χ0) is 8.53. The number of aromatic nitrogens is 2. The van der Waals surface area contributed by atoms with Crippen LogP contribution in [0.25, 0.3) is 0 Å². The number of hydrogen-bond acceptors (Lipinski definition) is 2. The number of imidazole rings is 1. The smallest absolute Gasteiger partial charge is 0.110 e. The molecule has 0 fully saturated rings. The molecule has 64 valence electrons. The van der Waals surface area contributed by atoms with Crippen LogP contribution in [0.3, 0.4) is 0 Å². The first kappa shape index (κ1) is 10.5. The van der Waals surface area contributed by atoms with Crippen molar-refractivity contribution >= 4 is 11.8 Å². The molecule has 0 aliphatic rings. The van der Waals surface area contributed by atoms with Gasteiger partial charge in [-0.25, -0.2) is 9.07 Å². The van der Waals surface area contributed by atoms with Crippen LogP contribution in [0.5, 0.6) is 0 Å². The van der Waals surface area contributed by atoms with Crippen molar-refractivity contribution in [1.29, 1.82) is 0 Å². The summed E-state index contributed by atoms with van der Waals surface area (Å²) in [5.41, 5.74) is 0. The first-order valence-corrected chi connectivity index (χ1v) is 3.99. The van der Waals surface area contributed by atoms with Gasteiger partial charge in [0.2, 0.25) is 0 Å². The van der Waals surface area contributed by atoms with Crippen LogP contribution in [-0.4, -0.2) is 22.2 Å². The molecule has 1 N–H and O–H groups in total. The molecule has 1 aromatic heterocycles. The molecule has 1 heterocycles. The van der Waals surface area contributed by atoms with Crippen molar-refractivity contribution in [3.8, 4) is 0 Å². The van der Waals surface area contributed by atoms with Crippen LogP contribution in [0.4, 0.5) is 0 Å². The summed E-state index contributed by atoms with van der Waals surface area (Å²) in [5, 5.41) is 3.11. The van der Waals surface area contributed by atoms with Gasteiger partial charge in [-0.15, -0.1) is 0 Å². The molecule has 0 amide bonds. The topological polar surface area (TPSA) is 29.9 Å². The number of nitrogens with one attached hydrogen (secondary N) is 1. The zero-order valence-electron chi connectivity index (χ0n) is 6.92. The molecule has 1 rings (SSSR count). The Balaban J connectivity index is 0.000000187. The van der Waals surface area contributed by atoms with Gasteiger partial charge in [0, 0.05) is 24.2 Å². The number of rotatable bonds is 2. The highest BCUT2D eigenvalue weighted by Crippen LogP contribution is 1.83. The van der Waals surface area contributed by atoms with E-state index in [9.17, 15) is 0 Å². The van der Waals surface area contributed by atoms with Crippen LogP contribution in [0.1, 0.15) is 13.8 Å². The zero-order valence-corrected chi connectivity index (χ0v) is 7.67. The molecule has 0 aliphatic heterocycles. The summed E-state index contributed by atoms with van der Waals surface area (Å²) >= 11 is 5.31. The third kappa shape index (κ3) is 7.36. The second-order valence-electron chi connectivity index (χ2n) is 1.86. The van der Waals surface area contributed by atoms with Gasteiger partial charge in [0.25, 0.3) is 0 Å². The average molecular weight is 176 g/mol. The number of hydrogen-bond donors (Lipinski definition) is 1. The minimum atomic E-state index is 1.09. The molecule has 0 aromatic carbocycles. The van der Waals surface area contributed by atoms with E-state index >= 15 is 0 Å². The standard InChI is InChI=1S/C4H11N.C3H3ClN2/c1-3-5-4-2;4-6-2-1-5-3-6/h5H,3-4H2,1-2H3;1-3H. The molecule has 0 aliphatic carbocycles. The van der Waals surface area contributed by atoms with Gasteiger partial charge in [0.05, 0.1) is 0 Å². The third-order valence-corrected chi connectivity index (χ3v) is 1.17. The van der Waals surface area contributed by atoms with E-state index in [2.05, 4.69) is 24.1 Å². The largest absolute Gasteiger partial charge is 0.317 e. The predicted octanol–water partition coefficient (Wildman–Crippen LogP) is 1.50. The molecule has 1 aromatic rings. The van der Waals surface area contributed by atoms with E-state index in [-0.39, 0.29) is 0 Å². The van der Waals surface area contributed by atoms with Gasteiger partial charge in [-0.05, 0) is 13.1 Å². The number of nitrogens with zero attached hydrogens (tertiary/aromatic N) is 2. The van der Waals surface area contributed by atoms with Gasteiger partial charge >= 0.3 is 0 Å². The molecule has 0 saturated heterocycles. The highest BCUT2D eigenvalue weighted by Gasteiger charge is 1.72. The third-order valence-electron chi connectivity index (χ3n) is 0.972. The highest BCUT2D eigenvalue weighted by molar-refractivity contribution is 6.15. The van der Waals surface area contributed by atoms with Crippen molar-refractivity contribution in [2.45, 2.75) is 13.8 Å². The molecule has 0 bridgehead atoms. The first-order chi connectivity index (χ1) is 5.31. The molecule has 4 heteroatoms. The minimum absolute atomic E-state index is 1.09. The van der Waals surface area contributed by atoms with Gasteiger partial charge < -0.3 is 5.32 Å². The summed E-state index contributed by atoms with van der Waals surface area (Å²) in [4.78, 5) is 3.65. The van der Waals surface area contributed by atoms with Crippen molar-refractivity contribution in [2.75, 3.05) is 13.1 Å². The van der Waals surface area contributed by atoms with E-state index < -0.39 is 0 Å². The molecular weight excluding hydrogens is 162 g/mol. The number of halogens is 1. The van der Waals surface area contributed by atoms with Gasteiger partial charge in [0.1, 0.15) is 6.33 Å². The van der Waals surface area contributed by atoms with E-state index in [1.165, 1.54) is 10.4 Å². The summed E-state index contributed by atoms with van der Waals surface area (Å²) in [6.45, 7) is 6.39. The molecule has 11 heavy (non-hydrogen) atoms. The van der Waals surface area contributed by atoms with E-state index in [1.54, 1.807) is 12.4 Å². The van der Waals surface area contributed by atoms with Crippen LogP contribution < -0.4 is 5.32 Å². The Labute approximate surface area is 72.5 Å². The summed E-state index contributed by atoms with van der Waals surface area (Å²) < 4.78 is 1.36. The Bertz CT molecular complexity index is 149. The fourth-order valence-corrected chi connectivity index (χ4v) is 0.594. The van der Waals surface area contributed by atoms with Crippen LogP contribution in [0.2, 0.25) is 0 Å². The molecule has 0 radical (unpaired) electrons. The molecule has 0 unspecified atom stereocenters. The van der Waals surface area contributed by atoms with Crippen molar-refractivity contribution < 1.29 is 0 Å². The fourth-order valence-electron chi connectivity index (χ4n) is 0.493. The Morgan fingerprint density at radius 2 is 2.09 bits per heavy atom. The van der Waals surface area contributed by atoms with Gasteiger partial charge in [-0.1, -0.05) is 13.8 Å². The summed E-state index contributed by atoms with van der Waals surface area (Å²) in [6.07, 6.45) is 4.79. The highest BCUT2D eigenvalue weighted by atomic mass is 35.5. The second kappa shape index (κ2) is 7.57. The Hall–Kier alpha value is -0.540. The monoisotopic (exact) mass is 175 g/mol. The predicted molar refractivity (Wildman–Crippen MR) is 47.7 cm³/mol. The van der Waals surface area contributed by atoms with Crippen LogP contribution in [0, 0.1) is 0 Å². The van der Waals surface area contributed by atoms with Crippen molar-refractivity contribution in [3.05, 3.63) is 18.7 Å². The van der Waals surface area contributed by atoms with Crippen LogP contribution in [-0.2, 0) is 0 Å². The fraction of sp³-hybridized carbons (Fsp3) is 0.571. The normalized spacial score (nSPS) is 8.64. The van der Waals surface area contributed by atoms with Gasteiger partial charge in [0.15, 0.2) is 0 Å². The lowest BCUT2D eigenvalue weighted by Crippen LogP contribution is -2.09. The maximum Gasteiger partial charge on any atom is 0.110 e. The van der Waals surface area contributed by atoms with Gasteiger partial charge in [-0.2, -0.15) is 0 Å². The quantitative estimate of drug-likeness (QED) is 0.739. The van der Waals surface area contributed by atoms with E-state index in [4.69, 9.17) is 11.8 Å². The lowest BCUT2D eigenvalue weighted by atomic mass is 10.7. The minimum Gasteiger partial charge on any atom is -0.317 e. The van der Waals surface area contributed by atoms with Crippen molar-refractivity contribution in [3.63, 3.8) is 0 Å². The van der Waals surface area contributed by atoms with Crippen LogP contribution in [0.15, 0.2) is 18.7 Å².